The molecule has 21 heavy (non-hydrogen) atoms. The van der Waals surface area contributed by atoms with Crippen molar-refractivity contribution in [3.8, 4) is 11.5 Å². The Bertz CT molecular complexity index is 596. The molecule has 0 radical (unpaired) electrons. The number of benzene rings is 2. The van der Waals surface area contributed by atoms with E-state index in [9.17, 15) is 4.39 Å². The maximum Gasteiger partial charge on any atom is 0.131 e. The predicted octanol–water partition coefficient (Wildman–Crippen LogP) is 4.95. The maximum atomic E-state index is 14.0. The largest absolute Gasteiger partial charge is 0.496 e. The Kier molecular flexibility index (Phi) is 5.07. The highest BCUT2D eigenvalue weighted by Crippen LogP contribution is 2.37. The Labute approximate surface area is 129 Å². The van der Waals surface area contributed by atoms with E-state index in [1.54, 1.807) is 12.1 Å². The van der Waals surface area contributed by atoms with Crippen molar-refractivity contribution >= 4 is 11.6 Å². The zero-order valence-electron chi connectivity index (χ0n) is 12.3. The van der Waals surface area contributed by atoms with Gasteiger partial charge in [0.1, 0.15) is 17.3 Å². The number of hydrogen-bond acceptors (Lipinski definition) is 2. The van der Waals surface area contributed by atoms with Crippen LogP contribution in [0.5, 0.6) is 11.5 Å². The van der Waals surface area contributed by atoms with Gasteiger partial charge in [-0.2, -0.15) is 0 Å². The van der Waals surface area contributed by atoms with E-state index in [-0.39, 0.29) is 11.9 Å². The summed E-state index contributed by atoms with van der Waals surface area (Å²) in [6, 6.07) is 12.0. The molecule has 4 heteroatoms. The average Bonchev–Trinajstić information content (AvgIpc) is 2.46. The summed E-state index contributed by atoms with van der Waals surface area (Å²) in [5.74, 6) is 0.826. The molecule has 0 N–H and O–H groups in total. The molecule has 0 heterocycles. The summed E-state index contributed by atoms with van der Waals surface area (Å²) in [5.41, 5.74) is 1.13. The highest BCUT2D eigenvalue weighted by atomic mass is 35.5. The molecule has 0 aliphatic rings. The predicted molar refractivity (Wildman–Crippen MR) is 82.9 cm³/mol. The summed E-state index contributed by atoms with van der Waals surface area (Å²) >= 11 is 6.42. The molecule has 2 aromatic rings. The van der Waals surface area contributed by atoms with Gasteiger partial charge in [-0.1, -0.05) is 18.2 Å². The lowest BCUT2D eigenvalue weighted by Crippen LogP contribution is -2.05. The normalized spacial score (nSPS) is 12.3. The summed E-state index contributed by atoms with van der Waals surface area (Å²) in [6.07, 6.45) is 0.106. The zero-order valence-corrected chi connectivity index (χ0v) is 13.0. The van der Waals surface area contributed by atoms with Gasteiger partial charge in [-0.3, -0.25) is 0 Å². The van der Waals surface area contributed by atoms with Gasteiger partial charge in [0, 0.05) is 0 Å². The fourth-order valence-corrected chi connectivity index (χ4v) is 2.45. The molecule has 0 aromatic heterocycles. The van der Waals surface area contributed by atoms with Crippen LogP contribution < -0.4 is 9.47 Å². The lowest BCUT2D eigenvalue weighted by Gasteiger charge is -2.16. The van der Waals surface area contributed by atoms with Crippen LogP contribution in [0.4, 0.5) is 4.39 Å². The Balaban J connectivity index is 2.30. The highest BCUT2D eigenvalue weighted by molar-refractivity contribution is 6.22. The molecule has 2 aromatic carbocycles. The van der Waals surface area contributed by atoms with Crippen LogP contribution in [0.25, 0.3) is 0 Å². The average molecular weight is 309 g/mol. The van der Waals surface area contributed by atoms with Crippen molar-refractivity contribution in [2.75, 3.05) is 7.11 Å². The third-order valence-electron chi connectivity index (χ3n) is 3.03. The van der Waals surface area contributed by atoms with E-state index in [0.717, 1.165) is 11.3 Å². The van der Waals surface area contributed by atoms with Gasteiger partial charge in [0.05, 0.1) is 24.2 Å². The fraction of sp³-hybridized carbons (Fsp3) is 0.294. The van der Waals surface area contributed by atoms with Gasteiger partial charge in [-0.05, 0) is 43.7 Å². The molecule has 0 fully saturated rings. The summed E-state index contributed by atoms with van der Waals surface area (Å²) in [5, 5.41) is -0.616. The molecule has 0 saturated heterocycles. The van der Waals surface area contributed by atoms with Gasteiger partial charge in [0.2, 0.25) is 0 Å². The SMILES string of the molecule is COc1cccc(F)c1C(Cl)c1ccc(OC(C)C)cc1. The number of rotatable bonds is 5. The van der Waals surface area contributed by atoms with Gasteiger partial charge in [-0.15, -0.1) is 11.6 Å². The standard InChI is InChI=1S/C17H18ClFO2/c1-11(2)21-13-9-7-12(8-10-13)17(18)16-14(19)5-4-6-15(16)20-3/h4-11,17H,1-3H3. The smallest absolute Gasteiger partial charge is 0.131 e. The molecule has 1 atom stereocenters. The molecule has 1 unspecified atom stereocenters. The second-order valence-corrected chi connectivity index (χ2v) is 5.39. The first kappa shape index (κ1) is 15.6. The summed E-state index contributed by atoms with van der Waals surface area (Å²) < 4.78 is 24.8. The van der Waals surface area contributed by atoms with Gasteiger partial charge >= 0.3 is 0 Å². The minimum absolute atomic E-state index is 0.106. The van der Waals surface area contributed by atoms with E-state index < -0.39 is 5.38 Å². The van der Waals surface area contributed by atoms with Crippen molar-refractivity contribution in [1.82, 2.24) is 0 Å². The van der Waals surface area contributed by atoms with Gasteiger partial charge in [0.15, 0.2) is 0 Å². The van der Waals surface area contributed by atoms with Crippen LogP contribution >= 0.6 is 11.6 Å². The van der Waals surface area contributed by atoms with E-state index in [0.29, 0.717) is 11.3 Å². The number of methoxy groups -OCH3 is 1. The van der Waals surface area contributed by atoms with Crippen LogP contribution in [-0.4, -0.2) is 13.2 Å². The number of hydrogen-bond donors (Lipinski definition) is 0. The first-order valence-electron chi connectivity index (χ1n) is 6.76. The minimum Gasteiger partial charge on any atom is -0.496 e. The van der Waals surface area contributed by atoms with Crippen molar-refractivity contribution in [2.24, 2.45) is 0 Å². The molecular formula is C17H18ClFO2. The second-order valence-electron chi connectivity index (χ2n) is 4.95. The van der Waals surface area contributed by atoms with Crippen LogP contribution in [0.1, 0.15) is 30.4 Å². The van der Waals surface area contributed by atoms with E-state index >= 15 is 0 Å². The molecule has 0 aliphatic heterocycles. The summed E-state index contributed by atoms with van der Waals surface area (Å²) in [6.45, 7) is 3.92. The molecule has 2 nitrogen and oxygen atoms in total. The van der Waals surface area contributed by atoms with Crippen molar-refractivity contribution in [2.45, 2.75) is 25.3 Å². The lowest BCUT2D eigenvalue weighted by atomic mass is 10.0. The Morgan fingerprint density at radius 1 is 1.05 bits per heavy atom. The van der Waals surface area contributed by atoms with Gasteiger partial charge in [0.25, 0.3) is 0 Å². The molecule has 112 valence electrons. The van der Waals surface area contributed by atoms with Crippen molar-refractivity contribution < 1.29 is 13.9 Å². The van der Waals surface area contributed by atoms with E-state index in [1.165, 1.54) is 13.2 Å². The minimum atomic E-state index is -0.616. The lowest BCUT2D eigenvalue weighted by molar-refractivity contribution is 0.242. The molecule has 0 saturated carbocycles. The molecule has 0 spiro atoms. The zero-order chi connectivity index (χ0) is 15.4. The molecule has 2 rings (SSSR count). The van der Waals surface area contributed by atoms with Gasteiger partial charge < -0.3 is 9.47 Å². The number of halogens is 2. The number of ether oxygens (including phenoxy) is 2. The van der Waals surface area contributed by atoms with E-state index in [2.05, 4.69) is 0 Å². The molecule has 0 amide bonds. The number of alkyl halides is 1. The molecule has 0 aliphatic carbocycles. The second kappa shape index (κ2) is 6.81. The first-order valence-corrected chi connectivity index (χ1v) is 7.19. The maximum absolute atomic E-state index is 14.0. The monoisotopic (exact) mass is 308 g/mol. The quantitative estimate of drug-likeness (QED) is 0.728. The first-order chi connectivity index (χ1) is 10.0. The van der Waals surface area contributed by atoms with E-state index in [1.807, 2.05) is 38.1 Å². The summed E-state index contributed by atoms with van der Waals surface area (Å²) in [7, 11) is 1.50. The molecule has 0 bridgehead atoms. The third kappa shape index (κ3) is 3.67. The van der Waals surface area contributed by atoms with Crippen LogP contribution in [0.2, 0.25) is 0 Å². The summed E-state index contributed by atoms with van der Waals surface area (Å²) in [4.78, 5) is 0. The van der Waals surface area contributed by atoms with Crippen LogP contribution in [-0.2, 0) is 0 Å². The van der Waals surface area contributed by atoms with E-state index in [4.69, 9.17) is 21.1 Å². The van der Waals surface area contributed by atoms with Crippen molar-refractivity contribution in [1.29, 1.82) is 0 Å². The Hall–Kier alpha value is -1.74. The van der Waals surface area contributed by atoms with Gasteiger partial charge in [-0.25, -0.2) is 4.39 Å². The fourth-order valence-electron chi connectivity index (χ4n) is 2.10. The highest BCUT2D eigenvalue weighted by Gasteiger charge is 2.20. The van der Waals surface area contributed by atoms with Crippen LogP contribution in [0.15, 0.2) is 42.5 Å². The van der Waals surface area contributed by atoms with Crippen molar-refractivity contribution in [3.05, 3.63) is 59.4 Å². The molecular weight excluding hydrogens is 291 g/mol. The van der Waals surface area contributed by atoms with Crippen LogP contribution in [0.3, 0.4) is 0 Å². The topological polar surface area (TPSA) is 18.5 Å². The Morgan fingerprint density at radius 3 is 2.29 bits per heavy atom. The van der Waals surface area contributed by atoms with Crippen LogP contribution in [0, 0.1) is 5.82 Å². The van der Waals surface area contributed by atoms with Crippen molar-refractivity contribution in [3.63, 3.8) is 0 Å². The third-order valence-corrected chi connectivity index (χ3v) is 3.50. The Morgan fingerprint density at radius 2 is 1.71 bits per heavy atom.